The summed E-state index contributed by atoms with van der Waals surface area (Å²) in [6.07, 6.45) is 6.66. The van der Waals surface area contributed by atoms with Crippen LogP contribution in [0.3, 0.4) is 0 Å². The van der Waals surface area contributed by atoms with Gasteiger partial charge in [-0.3, -0.25) is 4.98 Å². The van der Waals surface area contributed by atoms with Crippen LogP contribution < -0.4 is 5.32 Å². The molecule has 0 saturated carbocycles. The summed E-state index contributed by atoms with van der Waals surface area (Å²) in [6, 6.07) is 7.41. The maximum absolute atomic E-state index is 11.6. The number of benzene rings is 1. The van der Waals surface area contributed by atoms with Gasteiger partial charge in [0.1, 0.15) is 0 Å². The monoisotopic (exact) mass is 340 g/mol. The molecule has 2 aromatic rings. The van der Waals surface area contributed by atoms with Gasteiger partial charge in [0.25, 0.3) is 0 Å². The van der Waals surface area contributed by atoms with Crippen LogP contribution in [0.5, 0.6) is 0 Å². The van der Waals surface area contributed by atoms with Gasteiger partial charge in [0.15, 0.2) is 0 Å². The number of carbonyl (C=O) groups is 1. The van der Waals surface area contributed by atoms with E-state index in [1.807, 2.05) is 18.2 Å². The molecule has 0 amide bonds. The van der Waals surface area contributed by atoms with Crippen molar-refractivity contribution in [3.05, 3.63) is 58.9 Å². The maximum Gasteiger partial charge on any atom is 0.337 e. The lowest BCUT2D eigenvalue weighted by Crippen LogP contribution is -2.09. The number of fused-ring (bicyclic) bond motifs is 1. The van der Waals surface area contributed by atoms with E-state index in [9.17, 15) is 9.90 Å². The van der Waals surface area contributed by atoms with E-state index in [0.717, 1.165) is 36.2 Å². The Kier molecular flexibility index (Phi) is 3.87. The number of hydrogen-bond donors (Lipinski definition) is 2. The summed E-state index contributed by atoms with van der Waals surface area (Å²) in [5, 5.41) is 13.2. The molecule has 2 aliphatic rings. The van der Waals surface area contributed by atoms with Crippen LogP contribution in [0.2, 0.25) is 5.02 Å². The van der Waals surface area contributed by atoms with Crippen LogP contribution in [0.25, 0.3) is 16.7 Å². The van der Waals surface area contributed by atoms with Gasteiger partial charge < -0.3 is 10.4 Å². The lowest BCUT2D eigenvalue weighted by Gasteiger charge is -2.13. The average Bonchev–Trinajstić information content (AvgIpc) is 3.17. The summed E-state index contributed by atoms with van der Waals surface area (Å²) in [5.41, 5.74) is 3.85. The molecule has 122 valence electrons. The Bertz CT molecular complexity index is 833. The number of nitrogens with zero attached hydrogens (tertiary/aromatic N) is 1. The summed E-state index contributed by atoms with van der Waals surface area (Å²) in [4.78, 5) is 15.8. The summed E-state index contributed by atoms with van der Waals surface area (Å²) >= 11 is 6.37. The van der Waals surface area contributed by atoms with Crippen molar-refractivity contribution >= 4 is 23.1 Å². The number of allylic oxidation sites excluding steroid dienone is 1. The van der Waals surface area contributed by atoms with Crippen LogP contribution in [0.1, 0.15) is 22.3 Å². The summed E-state index contributed by atoms with van der Waals surface area (Å²) in [5.74, 6) is 0.157. The highest BCUT2D eigenvalue weighted by molar-refractivity contribution is 6.36. The first kappa shape index (κ1) is 15.4. The second-order valence-electron chi connectivity index (χ2n) is 6.41. The lowest BCUT2D eigenvalue weighted by atomic mass is 9.94. The van der Waals surface area contributed by atoms with Crippen LogP contribution >= 0.6 is 11.6 Å². The molecule has 2 heterocycles. The first-order valence-electron chi connectivity index (χ1n) is 8.02. The molecule has 0 spiro atoms. The molecule has 1 aromatic carbocycles. The van der Waals surface area contributed by atoms with Crippen molar-refractivity contribution in [3.63, 3.8) is 0 Å². The van der Waals surface area contributed by atoms with Crippen molar-refractivity contribution in [1.82, 2.24) is 10.3 Å². The standard InChI is InChI=1S/C19H17ClN2O2/c20-18-16(11-2-1-3-21-8-11)6-13(7-17(18)19(23)24)12-4-14-9-22-10-15(14)5-12/h1-4,6-8,14-15,22H,5,9-10H2,(H,23,24). The molecule has 1 saturated heterocycles. The molecule has 2 N–H and O–H groups in total. The molecule has 0 radical (unpaired) electrons. The number of halogens is 1. The second kappa shape index (κ2) is 6.04. The maximum atomic E-state index is 11.6. The fourth-order valence-corrected chi connectivity index (χ4v) is 3.99. The topological polar surface area (TPSA) is 62.2 Å². The number of carboxylic acid groups (broad SMARTS) is 1. The molecule has 4 rings (SSSR count). The van der Waals surface area contributed by atoms with E-state index in [2.05, 4.69) is 16.4 Å². The minimum Gasteiger partial charge on any atom is -0.478 e. The highest BCUT2D eigenvalue weighted by Crippen LogP contribution is 2.41. The summed E-state index contributed by atoms with van der Waals surface area (Å²) in [7, 11) is 0. The highest BCUT2D eigenvalue weighted by atomic mass is 35.5. The fraction of sp³-hybridized carbons (Fsp3) is 0.263. The van der Waals surface area contributed by atoms with E-state index < -0.39 is 5.97 Å². The third-order valence-electron chi connectivity index (χ3n) is 4.94. The Hall–Kier alpha value is -2.17. The minimum atomic E-state index is -1.01. The number of nitrogens with one attached hydrogen (secondary N) is 1. The number of aromatic carboxylic acids is 1. The predicted octanol–water partition coefficient (Wildman–Crippen LogP) is 3.72. The molecular weight excluding hydrogens is 324 g/mol. The first-order chi connectivity index (χ1) is 11.6. The normalized spacial score (nSPS) is 22.3. The van der Waals surface area contributed by atoms with Crippen LogP contribution in [0, 0.1) is 11.8 Å². The molecular formula is C19H17ClN2O2. The number of aromatic nitrogens is 1. The van der Waals surface area contributed by atoms with Gasteiger partial charge in [-0.25, -0.2) is 4.79 Å². The third-order valence-corrected chi connectivity index (χ3v) is 5.34. The molecule has 24 heavy (non-hydrogen) atoms. The molecule has 1 aliphatic carbocycles. The minimum absolute atomic E-state index is 0.143. The van der Waals surface area contributed by atoms with Crippen LogP contribution in [0.4, 0.5) is 0 Å². The van der Waals surface area contributed by atoms with Crippen LogP contribution in [0.15, 0.2) is 42.7 Å². The van der Waals surface area contributed by atoms with Gasteiger partial charge in [-0.2, -0.15) is 0 Å². The van der Waals surface area contributed by atoms with E-state index in [-0.39, 0.29) is 10.6 Å². The Labute approximate surface area is 145 Å². The average molecular weight is 341 g/mol. The van der Waals surface area contributed by atoms with Crippen molar-refractivity contribution in [2.45, 2.75) is 6.42 Å². The summed E-state index contributed by atoms with van der Waals surface area (Å²) in [6.45, 7) is 2.03. The summed E-state index contributed by atoms with van der Waals surface area (Å²) < 4.78 is 0. The molecule has 2 atom stereocenters. The van der Waals surface area contributed by atoms with E-state index in [1.165, 1.54) is 5.57 Å². The number of carboxylic acids is 1. The SMILES string of the molecule is O=C(O)c1cc(C2=CC3CNCC3C2)cc(-c2cccnc2)c1Cl. The van der Waals surface area contributed by atoms with E-state index in [0.29, 0.717) is 11.8 Å². The molecule has 1 fully saturated rings. The van der Waals surface area contributed by atoms with Crippen molar-refractivity contribution in [3.8, 4) is 11.1 Å². The Balaban J connectivity index is 1.83. The highest BCUT2D eigenvalue weighted by Gasteiger charge is 2.32. The molecule has 5 heteroatoms. The van der Waals surface area contributed by atoms with Gasteiger partial charge in [-0.1, -0.05) is 23.7 Å². The smallest absolute Gasteiger partial charge is 0.337 e. The zero-order chi connectivity index (χ0) is 16.7. The Morgan fingerprint density at radius 1 is 1.29 bits per heavy atom. The quantitative estimate of drug-likeness (QED) is 0.893. The van der Waals surface area contributed by atoms with Crippen LogP contribution in [-0.2, 0) is 0 Å². The number of hydrogen-bond acceptors (Lipinski definition) is 3. The Morgan fingerprint density at radius 2 is 2.17 bits per heavy atom. The molecule has 1 aromatic heterocycles. The van der Waals surface area contributed by atoms with Crippen LogP contribution in [-0.4, -0.2) is 29.1 Å². The van der Waals surface area contributed by atoms with E-state index in [4.69, 9.17) is 11.6 Å². The zero-order valence-electron chi connectivity index (χ0n) is 13.0. The number of pyridine rings is 1. The predicted molar refractivity (Wildman–Crippen MR) is 94.1 cm³/mol. The van der Waals surface area contributed by atoms with Gasteiger partial charge in [-0.05, 0) is 54.1 Å². The molecule has 2 unspecified atom stereocenters. The first-order valence-corrected chi connectivity index (χ1v) is 8.40. The van der Waals surface area contributed by atoms with Gasteiger partial charge >= 0.3 is 5.97 Å². The third kappa shape index (κ3) is 2.62. The van der Waals surface area contributed by atoms with Gasteiger partial charge in [-0.15, -0.1) is 0 Å². The van der Waals surface area contributed by atoms with E-state index in [1.54, 1.807) is 18.5 Å². The van der Waals surface area contributed by atoms with Crippen molar-refractivity contribution in [2.24, 2.45) is 11.8 Å². The van der Waals surface area contributed by atoms with Gasteiger partial charge in [0.2, 0.25) is 0 Å². The Morgan fingerprint density at radius 3 is 2.88 bits per heavy atom. The largest absolute Gasteiger partial charge is 0.478 e. The van der Waals surface area contributed by atoms with Gasteiger partial charge in [0, 0.05) is 30.1 Å². The lowest BCUT2D eigenvalue weighted by molar-refractivity contribution is 0.0697. The van der Waals surface area contributed by atoms with Gasteiger partial charge in [0.05, 0.1) is 10.6 Å². The number of rotatable bonds is 3. The fourth-order valence-electron chi connectivity index (χ4n) is 3.69. The molecule has 1 aliphatic heterocycles. The zero-order valence-corrected chi connectivity index (χ0v) is 13.8. The van der Waals surface area contributed by atoms with E-state index >= 15 is 0 Å². The van der Waals surface area contributed by atoms with Crippen molar-refractivity contribution in [2.75, 3.05) is 13.1 Å². The molecule has 4 nitrogen and oxygen atoms in total. The molecule has 0 bridgehead atoms. The van der Waals surface area contributed by atoms with Crippen molar-refractivity contribution in [1.29, 1.82) is 0 Å². The second-order valence-corrected chi connectivity index (χ2v) is 6.79. The van der Waals surface area contributed by atoms with Crippen molar-refractivity contribution < 1.29 is 9.90 Å².